The van der Waals surface area contributed by atoms with E-state index in [0.29, 0.717) is 23.5 Å². The van der Waals surface area contributed by atoms with Gasteiger partial charge in [-0.2, -0.15) is 0 Å². The minimum absolute atomic E-state index is 0.0485. The van der Waals surface area contributed by atoms with Gasteiger partial charge in [0.05, 0.1) is 11.3 Å². The first kappa shape index (κ1) is 18.2. The van der Waals surface area contributed by atoms with Crippen LogP contribution in [-0.2, 0) is 16.0 Å². The molecule has 1 fully saturated rings. The number of rotatable bonds is 4. The summed E-state index contributed by atoms with van der Waals surface area (Å²) in [5.74, 6) is 0.454. The van der Waals surface area contributed by atoms with Gasteiger partial charge in [0.15, 0.2) is 0 Å². The van der Waals surface area contributed by atoms with Crippen LogP contribution in [0.2, 0.25) is 0 Å². The van der Waals surface area contributed by atoms with Crippen LogP contribution in [0.4, 0.5) is 11.5 Å². The molecule has 3 aromatic rings. The molecule has 1 N–H and O–H groups in total. The van der Waals surface area contributed by atoms with Gasteiger partial charge in [-0.1, -0.05) is 19.1 Å². The Hall–Kier alpha value is -3.22. The normalized spacial score (nSPS) is 16.8. The maximum atomic E-state index is 12.8. The average Bonchev–Trinajstić information content (AvgIpc) is 3.22. The molecule has 7 heteroatoms. The van der Waals surface area contributed by atoms with Crippen LogP contribution in [0.1, 0.15) is 30.2 Å². The lowest BCUT2D eigenvalue weighted by Crippen LogP contribution is -2.28. The number of hydrogen-bond acceptors (Lipinski definition) is 5. The van der Waals surface area contributed by atoms with Crippen molar-refractivity contribution in [2.24, 2.45) is 5.92 Å². The fourth-order valence-corrected chi connectivity index (χ4v) is 3.54. The predicted octanol–water partition coefficient (Wildman–Crippen LogP) is 3.39. The van der Waals surface area contributed by atoms with Crippen LogP contribution in [-0.4, -0.2) is 28.3 Å². The number of aromatic nitrogens is 2. The van der Waals surface area contributed by atoms with Crippen LogP contribution < -0.4 is 10.2 Å². The summed E-state index contributed by atoms with van der Waals surface area (Å²) in [5.41, 5.74) is 3.37. The van der Waals surface area contributed by atoms with E-state index in [9.17, 15) is 9.59 Å². The van der Waals surface area contributed by atoms with E-state index in [2.05, 4.69) is 22.2 Å². The zero-order valence-electron chi connectivity index (χ0n) is 16.2. The number of nitrogens with one attached hydrogen (secondary N) is 1. The molecule has 0 radical (unpaired) electrons. The Balaban J connectivity index is 1.52. The number of nitrogens with zero attached hydrogens (tertiary/aromatic N) is 3. The molecule has 7 nitrogen and oxygen atoms in total. The van der Waals surface area contributed by atoms with Crippen LogP contribution in [0.3, 0.4) is 0 Å². The molecule has 2 aromatic heterocycles. The molecule has 4 rings (SSSR count). The molecule has 0 aliphatic carbocycles. The van der Waals surface area contributed by atoms with Crippen molar-refractivity contribution in [3.8, 4) is 0 Å². The monoisotopic (exact) mass is 378 g/mol. The molecule has 144 valence electrons. The van der Waals surface area contributed by atoms with Gasteiger partial charge in [0.25, 0.3) is 0 Å². The lowest BCUT2D eigenvalue weighted by Gasteiger charge is -2.17. The average molecular weight is 378 g/mol. The van der Waals surface area contributed by atoms with Crippen LogP contribution in [0.5, 0.6) is 0 Å². The van der Waals surface area contributed by atoms with Gasteiger partial charge in [-0.15, -0.1) is 0 Å². The summed E-state index contributed by atoms with van der Waals surface area (Å²) in [5, 5.41) is 3.56. The van der Waals surface area contributed by atoms with E-state index in [-0.39, 0.29) is 18.2 Å². The molecule has 3 heterocycles. The minimum Gasteiger partial charge on any atom is -0.443 e. The van der Waals surface area contributed by atoms with Crippen molar-refractivity contribution in [3.63, 3.8) is 0 Å². The fraction of sp³-hybridized carbons (Fsp3) is 0.333. The second kappa shape index (κ2) is 7.07. The first-order valence-electron chi connectivity index (χ1n) is 9.38. The van der Waals surface area contributed by atoms with Gasteiger partial charge in [-0.3, -0.25) is 9.59 Å². The maximum Gasteiger partial charge on any atom is 0.231 e. The van der Waals surface area contributed by atoms with Crippen LogP contribution >= 0.6 is 0 Å². The van der Waals surface area contributed by atoms with Crippen molar-refractivity contribution >= 4 is 34.4 Å². The van der Waals surface area contributed by atoms with Gasteiger partial charge in [-0.25, -0.2) is 9.97 Å². The number of hydrogen-bond donors (Lipinski definition) is 1. The smallest absolute Gasteiger partial charge is 0.231 e. The quantitative estimate of drug-likeness (QED) is 0.752. The van der Waals surface area contributed by atoms with Crippen molar-refractivity contribution in [2.75, 3.05) is 16.8 Å². The van der Waals surface area contributed by atoms with Gasteiger partial charge in [0, 0.05) is 24.2 Å². The number of carbonyl (C=O) groups is 2. The molecule has 1 aromatic carbocycles. The van der Waals surface area contributed by atoms with E-state index in [1.54, 1.807) is 4.90 Å². The molecule has 0 bridgehead atoms. The Bertz CT molecular complexity index is 1060. The number of anilines is 2. The first-order valence-corrected chi connectivity index (χ1v) is 9.38. The van der Waals surface area contributed by atoms with Crippen molar-refractivity contribution in [1.82, 2.24) is 9.97 Å². The Morgan fingerprint density at radius 3 is 2.71 bits per heavy atom. The molecular formula is C21H22N4O3. The molecule has 1 aliphatic rings. The Morgan fingerprint density at radius 2 is 2.00 bits per heavy atom. The minimum atomic E-state index is -0.434. The van der Waals surface area contributed by atoms with Gasteiger partial charge in [0.1, 0.15) is 17.9 Å². The highest BCUT2D eigenvalue weighted by atomic mass is 16.3. The lowest BCUT2D eigenvalue weighted by atomic mass is 10.1. The van der Waals surface area contributed by atoms with E-state index in [1.807, 2.05) is 38.1 Å². The van der Waals surface area contributed by atoms with E-state index in [0.717, 1.165) is 23.4 Å². The van der Waals surface area contributed by atoms with Crippen LogP contribution in [0.15, 0.2) is 35.0 Å². The number of carbonyl (C=O) groups excluding carboxylic acids is 2. The number of benzene rings is 1. The summed E-state index contributed by atoms with van der Waals surface area (Å²) in [7, 11) is 0. The lowest BCUT2D eigenvalue weighted by molar-refractivity contribution is -0.122. The Labute approximate surface area is 162 Å². The highest BCUT2D eigenvalue weighted by Gasteiger charge is 2.35. The standard InChI is InChI=1S/C21H22N4O3/c1-4-14-5-7-16(8-6-14)25-10-15(9-17(25)26)20(27)24-19-18-12(2)13(3)28-21(18)23-11-22-19/h5-8,11,15H,4,9-10H2,1-3H3,(H,22,23,24,27)/t15-/m1/s1. The second-order valence-electron chi connectivity index (χ2n) is 7.10. The van der Waals surface area contributed by atoms with Crippen LogP contribution in [0, 0.1) is 19.8 Å². The highest BCUT2D eigenvalue weighted by molar-refractivity contribution is 6.05. The largest absolute Gasteiger partial charge is 0.443 e. The second-order valence-corrected chi connectivity index (χ2v) is 7.10. The number of amides is 2. The summed E-state index contributed by atoms with van der Waals surface area (Å²) in [6.45, 7) is 6.19. The third-order valence-corrected chi connectivity index (χ3v) is 5.36. The summed E-state index contributed by atoms with van der Waals surface area (Å²) >= 11 is 0. The molecule has 0 spiro atoms. The van der Waals surface area contributed by atoms with Gasteiger partial charge in [-0.05, 0) is 38.0 Å². The third kappa shape index (κ3) is 3.13. The highest BCUT2D eigenvalue weighted by Crippen LogP contribution is 2.30. The van der Waals surface area contributed by atoms with Crippen molar-refractivity contribution in [3.05, 3.63) is 47.5 Å². The predicted molar refractivity (Wildman–Crippen MR) is 106 cm³/mol. The number of fused-ring (bicyclic) bond motifs is 1. The fourth-order valence-electron chi connectivity index (χ4n) is 3.54. The summed E-state index contributed by atoms with van der Waals surface area (Å²) in [6.07, 6.45) is 2.49. The van der Waals surface area contributed by atoms with E-state index in [1.165, 1.54) is 11.9 Å². The molecular weight excluding hydrogens is 356 g/mol. The molecule has 0 unspecified atom stereocenters. The molecule has 2 amide bonds. The number of aryl methyl sites for hydroxylation is 3. The zero-order valence-corrected chi connectivity index (χ0v) is 16.2. The first-order chi connectivity index (χ1) is 13.5. The van der Waals surface area contributed by atoms with Gasteiger partial charge < -0.3 is 14.6 Å². The summed E-state index contributed by atoms with van der Waals surface area (Å²) in [4.78, 5) is 35.3. The molecule has 1 atom stereocenters. The summed E-state index contributed by atoms with van der Waals surface area (Å²) in [6, 6.07) is 7.89. The molecule has 0 saturated carbocycles. The van der Waals surface area contributed by atoms with E-state index < -0.39 is 5.92 Å². The van der Waals surface area contributed by atoms with Crippen molar-refractivity contribution < 1.29 is 14.0 Å². The zero-order chi connectivity index (χ0) is 19.8. The van der Waals surface area contributed by atoms with Crippen molar-refractivity contribution in [2.45, 2.75) is 33.6 Å². The van der Waals surface area contributed by atoms with Gasteiger partial charge >= 0.3 is 0 Å². The van der Waals surface area contributed by atoms with Crippen molar-refractivity contribution in [1.29, 1.82) is 0 Å². The topological polar surface area (TPSA) is 88.3 Å². The van der Waals surface area contributed by atoms with Gasteiger partial charge in [0.2, 0.25) is 17.5 Å². The van der Waals surface area contributed by atoms with E-state index >= 15 is 0 Å². The number of furan rings is 1. The maximum absolute atomic E-state index is 12.8. The Morgan fingerprint density at radius 1 is 1.25 bits per heavy atom. The van der Waals surface area contributed by atoms with E-state index in [4.69, 9.17) is 4.42 Å². The SMILES string of the molecule is CCc1ccc(N2C[C@H](C(=O)Nc3ncnc4oc(C)c(C)c34)CC2=O)cc1. The molecule has 1 saturated heterocycles. The Kier molecular flexibility index (Phi) is 4.58. The third-order valence-electron chi connectivity index (χ3n) is 5.36. The molecule has 1 aliphatic heterocycles. The molecule has 28 heavy (non-hydrogen) atoms. The van der Waals surface area contributed by atoms with Crippen LogP contribution in [0.25, 0.3) is 11.1 Å². The summed E-state index contributed by atoms with van der Waals surface area (Å²) < 4.78 is 5.59.